The van der Waals surface area contributed by atoms with Crippen LogP contribution in [0.2, 0.25) is 0 Å². The predicted molar refractivity (Wildman–Crippen MR) is 90.0 cm³/mol. The number of rotatable bonds is 7. The Balaban J connectivity index is 3.00. The first-order valence-corrected chi connectivity index (χ1v) is 9.57. The largest absolute Gasteiger partial charge is 0.463 e. The molecule has 1 rings (SSSR count). The average molecular weight is 348 g/mol. The first-order chi connectivity index (χ1) is 10.4. The highest BCUT2D eigenvalue weighted by atomic mass is 32.2. The predicted octanol–water partition coefficient (Wildman–Crippen LogP) is 2.64. The molecule has 1 heterocycles. The van der Waals surface area contributed by atoms with Crippen LogP contribution in [0.15, 0.2) is 11.0 Å². The van der Waals surface area contributed by atoms with Crippen LogP contribution in [-0.2, 0) is 23.8 Å². The van der Waals surface area contributed by atoms with Crippen molar-refractivity contribution in [2.45, 2.75) is 51.4 Å². The molecule has 0 amide bonds. The van der Waals surface area contributed by atoms with E-state index in [0.717, 1.165) is 5.75 Å². The Bertz CT molecular complexity index is 422. The van der Waals surface area contributed by atoms with Crippen LogP contribution in [-0.4, -0.2) is 54.1 Å². The summed E-state index contributed by atoms with van der Waals surface area (Å²) in [6.07, 6.45) is 0.443. The first-order valence-electron chi connectivity index (χ1n) is 7.23. The zero-order valence-corrected chi connectivity index (χ0v) is 15.3. The number of hydrogen-bond donors (Lipinski definition) is 0. The van der Waals surface area contributed by atoms with Gasteiger partial charge in [-0.2, -0.15) is 11.8 Å². The Hall–Kier alpha value is -0.500. The number of esters is 1. The molecule has 126 valence electrons. The van der Waals surface area contributed by atoms with E-state index in [4.69, 9.17) is 14.2 Å². The zero-order chi connectivity index (χ0) is 16.7. The van der Waals surface area contributed by atoms with Gasteiger partial charge in [0, 0.05) is 12.5 Å². The van der Waals surface area contributed by atoms with Gasteiger partial charge < -0.3 is 14.2 Å². The molecule has 0 aromatic carbocycles. The fraction of sp³-hybridized carbons (Fsp3) is 0.733. The second kappa shape index (κ2) is 9.60. The number of thioether (sulfide) groups is 2. The van der Waals surface area contributed by atoms with Gasteiger partial charge in [-0.05, 0) is 31.3 Å². The van der Waals surface area contributed by atoms with Crippen molar-refractivity contribution >= 4 is 35.3 Å². The Morgan fingerprint density at radius 3 is 2.64 bits per heavy atom. The SMILES string of the molecule is CCS[C@@H]1/C(=C\SC)C(=O)[C@@H](OC(C)C)O[C@@H]1COC(C)=O. The van der Waals surface area contributed by atoms with Gasteiger partial charge in [0.2, 0.25) is 12.1 Å². The lowest BCUT2D eigenvalue weighted by atomic mass is 10.0. The Labute approximate surface area is 140 Å². The first kappa shape index (κ1) is 19.5. The maximum Gasteiger partial charge on any atom is 0.302 e. The van der Waals surface area contributed by atoms with Crippen molar-refractivity contribution < 1.29 is 23.8 Å². The highest BCUT2D eigenvalue weighted by molar-refractivity contribution is 8.02. The fourth-order valence-corrected chi connectivity index (χ4v) is 3.75. The molecular weight excluding hydrogens is 324 g/mol. The van der Waals surface area contributed by atoms with Crippen molar-refractivity contribution in [1.82, 2.24) is 0 Å². The van der Waals surface area contributed by atoms with E-state index < -0.39 is 12.4 Å². The lowest BCUT2D eigenvalue weighted by molar-refractivity contribution is -0.204. The monoisotopic (exact) mass is 348 g/mol. The molecule has 0 radical (unpaired) electrons. The molecule has 1 aliphatic heterocycles. The molecule has 0 aromatic rings. The summed E-state index contributed by atoms with van der Waals surface area (Å²) in [7, 11) is 0. The third-order valence-electron chi connectivity index (χ3n) is 2.88. The van der Waals surface area contributed by atoms with Gasteiger partial charge in [-0.25, -0.2) is 0 Å². The van der Waals surface area contributed by atoms with Crippen molar-refractivity contribution in [3.8, 4) is 0 Å². The Morgan fingerprint density at radius 2 is 2.14 bits per heavy atom. The van der Waals surface area contributed by atoms with Crippen molar-refractivity contribution in [1.29, 1.82) is 0 Å². The summed E-state index contributed by atoms with van der Waals surface area (Å²) in [5, 5.41) is 1.69. The van der Waals surface area contributed by atoms with Crippen LogP contribution in [0.4, 0.5) is 0 Å². The number of ether oxygens (including phenoxy) is 3. The Kier molecular flexibility index (Phi) is 8.53. The van der Waals surface area contributed by atoms with Crippen molar-refractivity contribution in [2.24, 2.45) is 0 Å². The normalized spacial score (nSPS) is 27.5. The summed E-state index contributed by atoms with van der Waals surface area (Å²) in [6.45, 7) is 7.19. The summed E-state index contributed by atoms with van der Waals surface area (Å²) in [4.78, 5) is 23.6. The third kappa shape index (κ3) is 5.61. The minimum Gasteiger partial charge on any atom is -0.463 e. The van der Waals surface area contributed by atoms with Crippen LogP contribution in [0.3, 0.4) is 0 Å². The van der Waals surface area contributed by atoms with Crippen LogP contribution in [0, 0.1) is 0 Å². The van der Waals surface area contributed by atoms with Gasteiger partial charge in [0.05, 0.1) is 11.4 Å². The van der Waals surface area contributed by atoms with Gasteiger partial charge in [0.1, 0.15) is 12.7 Å². The number of carbonyl (C=O) groups excluding carboxylic acids is 2. The molecule has 0 aromatic heterocycles. The summed E-state index contributed by atoms with van der Waals surface area (Å²) in [6, 6.07) is 0. The maximum atomic E-state index is 12.6. The third-order valence-corrected chi connectivity index (χ3v) is 4.62. The molecule has 7 heteroatoms. The molecule has 0 saturated carbocycles. The molecule has 1 saturated heterocycles. The van der Waals surface area contributed by atoms with E-state index in [2.05, 4.69) is 0 Å². The second-order valence-electron chi connectivity index (χ2n) is 5.04. The summed E-state index contributed by atoms with van der Waals surface area (Å²) in [5.74, 6) is 0.324. The lowest BCUT2D eigenvalue weighted by Crippen LogP contribution is -2.49. The van der Waals surface area contributed by atoms with E-state index in [9.17, 15) is 9.59 Å². The molecule has 3 atom stereocenters. The van der Waals surface area contributed by atoms with Gasteiger partial charge >= 0.3 is 5.97 Å². The molecule has 22 heavy (non-hydrogen) atoms. The Morgan fingerprint density at radius 1 is 1.45 bits per heavy atom. The van der Waals surface area contributed by atoms with Crippen LogP contribution in [0.25, 0.3) is 0 Å². The number of carbonyl (C=O) groups is 2. The maximum absolute atomic E-state index is 12.6. The number of Topliss-reactive ketones (excluding diaryl/α,β-unsaturated/α-hetero) is 1. The van der Waals surface area contributed by atoms with E-state index in [0.29, 0.717) is 5.57 Å². The average Bonchev–Trinajstić information content (AvgIpc) is 2.43. The topological polar surface area (TPSA) is 61.8 Å². The summed E-state index contributed by atoms with van der Waals surface area (Å²) < 4.78 is 16.4. The molecule has 0 spiro atoms. The second-order valence-corrected chi connectivity index (χ2v) is 7.17. The minimum absolute atomic E-state index is 0.115. The fourth-order valence-electron chi connectivity index (χ4n) is 2.06. The lowest BCUT2D eigenvalue weighted by Gasteiger charge is -2.36. The van der Waals surface area contributed by atoms with Gasteiger partial charge in [-0.15, -0.1) is 11.8 Å². The van der Waals surface area contributed by atoms with Gasteiger partial charge in [-0.3, -0.25) is 9.59 Å². The van der Waals surface area contributed by atoms with Crippen LogP contribution in [0.1, 0.15) is 27.7 Å². The quantitative estimate of drug-likeness (QED) is 0.518. The van der Waals surface area contributed by atoms with Crippen molar-refractivity contribution in [2.75, 3.05) is 18.6 Å². The van der Waals surface area contributed by atoms with E-state index in [1.54, 1.807) is 11.8 Å². The van der Waals surface area contributed by atoms with E-state index >= 15 is 0 Å². The van der Waals surface area contributed by atoms with Gasteiger partial charge in [0.15, 0.2) is 0 Å². The number of ketones is 1. The van der Waals surface area contributed by atoms with Gasteiger partial charge in [-0.1, -0.05) is 6.92 Å². The molecule has 0 N–H and O–H groups in total. The van der Waals surface area contributed by atoms with Crippen molar-refractivity contribution in [3.05, 3.63) is 11.0 Å². The zero-order valence-electron chi connectivity index (χ0n) is 13.7. The smallest absolute Gasteiger partial charge is 0.302 e. The van der Waals surface area contributed by atoms with Gasteiger partial charge in [0.25, 0.3) is 0 Å². The highest BCUT2D eigenvalue weighted by Crippen LogP contribution is 2.33. The van der Waals surface area contributed by atoms with Crippen LogP contribution in [0.5, 0.6) is 0 Å². The molecule has 0 unspecified atom stereocenters. The molecule has 5 nitrogen and oxygen atoms in total. The van der Waals surface area contributed by atoms with E-state index in [1.165, 1.54) is 18.7 Å². The molecule has 1 fully saturated rings. The molecule has 0 bridgehead atoms. The van der Waals surface area contributed by atoms with E-state index in [1.807, 2.05) is 32.4 Å². The number of hydrogen-bond acceptors (Lipinski definition) is 7. The van der Waals surface area contributed by atoms with Crippen LogP contribution < -0.4 is 0 Å². The van der Waals surface area contributed by atoms with Crippen LogP contribution >= 0.6 is 23.5 Å². The summed E-state index contributed by atoms with van der Waals surface area (Å²) >= 11 is 3.08. The molecule has 1 aliphatic rings. The summed E-state index contributed by atoms with van der Waals surface area (Å²) in [5.41, 5.74) is 0.674. The molecule has 0 aliphatic carbocycles. The van der Waals surface area contributed by atoms with E-state index in [-0.39, 0.29) is 29.7 Å². The highest BCUT2D eigenvalue weighted by Gasteiger charge is 2.42. The minimum atomic E-state index is -0.937. The molecular formula is C15H24O5S2. The van der Waals surface area contributed by atoms with Crippen molar-refractivity contribution in [3.63, 3.8) is 0 Å². The standard InChI is InChI=1S/C15H24O5S2/c1-6-22-14-11(8-21-5)13(17)15(19-9(2)3)20-12(14)7-18-10(4)16/h8-9,12,14-15H,6-7H2,1-5H3/b11-8-/t12-,14-,15+/m1/s1.